The van der Waals surface area contributed by atoms with Gasteiger partial charge in [0.2, 0.25) is 5.88 Å². The number of hydrogen-bond donors (Lipinski definition) is 1. The number of non-ortho nitro benzene ring substituents is 1. The van der Waals surface area contributed by atoms with Crippen molar-refractivity contribution in [1.82, 2.24) is 4.57 Å². The van der Waals surface area contributed by atoms with Gasteiger partial charge in [0, 0.05) is 12.1 Å². The average Bonchev–Trinajstić information content (AvgIpc) is 2.62. The maximum atomic E-state index is 12.7. The van der Waals surface area contributed by atoms with Crippen LogP contribution >= 0.6 is 0 Å². The minimum atomic E-state index is -1.01. The number of aromatic hydroxyl groups is 1. The third-order valence-corrected chi connectivity index (χ3v) is 3.46. The smallest absolute Gasteiger partial charge is 0.343 e. The monoisotopic (exact) mass is 376 g/mol. The maximum Gasteiger partial charge on any atom is 0.343 e. The van der Waals surface area contributed by atoms with Crippen LogP contribution in [0.25, 0.3) is 5.69 Å². The van der Waals surface area contributed by atoms with Crippen LogP contribution in [-0.4, -0.2) is 39.7 Å². The number of carbonyl (C=O) groups excluding carboxylic acids is 2. The number of rotatable bonds is 6. The van der Waals surface area contributed by atoms with Crippen LogP contribution in [0.15, 0.2) is 35.1 Å². The molecule has 1 heterocycles. The summed E-state index contributed by atoms with van der Waals surface area (Å²) in [5.74, 6) is -2.79. The molecule has 0 radical (unpaired) electrons. The molecular formula is C17H16N2O8. The van der Waals surface area contributed by atoms with Crippen molar-refractivity contribution in [1.29, 1.82) is 0 Å². The van der Waals surface area contributed by atoms with E-state index in [0.717, 1.165) is 12.1 Å². The quantitative estimate of drug-likeness (QED) is 0.457. The minimum absolute atomic E-state index is 0.0110. The molecule has 142 valence electrons. The molecule has 0 amide bonds. The van der Waals surface area contributed by atoms with Gasteiger partial charge in [0.05, 0.1) is 23.8 Å². The van der Waals surface area contributed by atoms with Gasteiger partial charge in [0.1, 0.15) is 11.1 Å². The molecule has 0 saturated heterocycles. The Morgan fingerprint density at radius 1 is 1.11 bits per heavy atom. The molecule has 0 unspecified atom stereocenters. The fourth-order valence-electron chi connectivity index (χ4n) is 2.31. The maximum absolute atomic E-state index is 12.7. The predicted octanol–water partition coefficient (Wildman–Crippen LogP) is 1.80. The van der Waals surface area contributed by atoms with Gasteiger partial charge < -0.3 is 14.6 Å². The van der Waals surface area contributed by atoms with Crippen LogP contribution in [0.3, 0.4) is 0 Å². The van der Waals surface area contributed by atoms with E-state index in [1.54, 1.807) is 0 Å². The molecule has 0 aliphatic rings. The van der Waals surface area contributed by atoms with Crippen LogP contribution < -0.4 is 5.56 Å². The van der Waals surface area contributed by atoms with Crippen LogP contribution in [0.1, 0.15) is 34.6 Å². The summed E-state index contributed by atoms with van der Waals surface area (Å²) in [7, 11) is 0. The van der Waals surface area contributed by atoms with E-state index >= 15 is 0 Å². The van der Waals surface area contributed by atoms with E-state index in [-0.39, 0.29) is 24.6 Å². The van der Waals surface area contributed by atoms with E-state index < -0.39 is 39.4 Å². The number of pyridine rings is 1. The number of aromatic nitrogens is 1. The van der Waals surface area contributed by atoms with E-state index in [4.69, 9.17) is 9.47 Å². The van der Waals surface area contributed by atoms with Crippen LogP contribution in [-0.2, 0) is 9.47 Å². The van der Waals surface area contributed by atoms with Gasteiger partial charge in [-0.1, -0.05) is 6.07 Å². The first-order valence-electron chi connectivity index (χ1n) is 7.89. The Morgan fingerprint density at radius 3 is 2.26 bits per heavy atom. The van der Waals surface area contributed by atoms with Gasteiger partial charge in [0.15, 0.2) is 0 Å². The number of benzene rings is 1. The highest BCUT2D eigenvalue weighted by molar-refractivity contribution is 5.96. The number of hydrogen-bond acceptors (Lipinski definition) is 8. The van der Waals surface area contributed by atoms with Gasteiger partial charge in [-0.15, -0.1) is 0 Å². The van der Waals surface area contributed by atoms with Crippen LogP contribution in [0.5, 0.6) is 5.88 Å². The lowest BCUT2D eigenvalue weighted by Crippen LogP contribution is -2.28. The number of nitro groups is 1. The lowest BCUT2D eigenvalue weighted by molar-refractivity contribution is -0.384. The van der Waals surface area contributed by atoms with Crippen molar-refractivity contribution in [3.63, 3.8) is 0 Å². The van der Waals surface area contributed by atoms with Gasteiger partial charge >= 0.3 is 11.9 Å². The second-order valence-electron chi connectivity index (χ2n) is 5.15. The summed E-state index contributed by atoms with van der Waals surface area (Å²) < 4.78 is 10.2. The van der Waals surface area contributed by atoms with Crippen molar-refractivity contribution in [2.45, 2.75) is 13.8 Å². The highest BCUT2D eigenvalue weighted by Gasteiger charge is 2.25. The Morgan fingerprint density at radius 2 is 1.70 bits per heavy atom. The van der Waals surface area contributed by atoms with E-state index in [1.807, 2.05) is 0 Å². The van der Waals surface area contributed by atoms with Gasteiger partial charge in [-0.3, -0.25) is 14.9 Å². The lowest BCUT2D eigenvalue weighted by atomic mass is 10.1. The molecule has 10 heteroatoms. The summed E-state index contributed by atoms with van der Waals surface area (Å²) in [6.07, 6.45) is 0. The van der Waals surface area contributed by atoms with Crippen molar-refractivity contribution in [3.8, 4) is 11.6 Å². The van der Waals surface area contributed by atoms with E-state index in [1.165, 1.54) is 32.0 Å². The molecular weight excluding hydrogens is 360 g/mol. The largest absolute Gasteiger partial charge is 0.494 e. The van der Waals surface area contributed by atoms with Crippen molar-refractivity contribution in [3.05, 3.63) is 61.9 Å². The minimum Gasteiger partial charge on any atom is -0.494 e. The molecule has 0 saturated carbocycles. The zero-order valence-corrected chi connectivity index (χ0v) is 14.5. The molecule has 2 aromatic rings. The Bertz CT molecular complexity index is 964. The molecule has 0 atom stereocenters. The Balaban J connectivity index is 2.80. The normalized spacial score (nSPS) is 10.3. The van der Waals surface area contributed by atoms with Crippen molar-refractivity contribution >= 4 is 17.6 Å². The van der Waals surface area contributed by atoms with Gasteiger partial charge in [0.25, 0.3) is 11.2 Å². The van der Waals surface area contributed by atoms with E-state index in [2.05, 4.69) is 0 Å². The van der Waals surface area contributed by atoms with Crippen LogP contribution in [0.4, 0.5) is 5.69 Å². The topological polar surface area (TPSA) is 138 Å². The van der Waals surface area contributed by atoms with Gasteiger partial charge in [-0.25, -0.2) is 14.2 Å². The number of nitro benzene ring substituents is 1. The number of nitrogens with zero attached hydrogens (tertiary/aromatic N) is 2. The summed E-state index contributed by atoms with van der Waals surface area (Å²) in [6, 6.07) is 5.68. The second kappa shape index (κ2) is 8.13. The number of esters is 2. The third kappa shape index (κ3) is 3.94. The Labute approximate surface area is 152 Å². The first-order valence-corrected chi connectivity index (χ1v) is 7.89. The van der Waals surface area contributed by atoms with Crippen molar-refractivity contribution in [2.24, 2.45) is 0 Å². The SMILES string of the molecule is CCOC(=O)c1cc(C(=O)OCC)c(=O)n(-c2cccc([N+](=O)[O-])c2)c1O. The summed E-state index contributed by atoms with van der Waals surface area (Å²) in [6.45, 7) is 3.04. The van der Waals surface area contributed by atoms with Crippen molar-refractivity contribution < 1.29 is 29.1 Å². The zero-order valence-electron chi connectivity index (χ0n) is 14.5. The molecule has 1 N–H and O–H groups in total. The molecule has 1 aromatic heterocycles. The number of carbonyl (C=O) groups is 2. The predicted molar refractivity (Wildman–Crippen MR) is 92.3 cm³/mol. The molecule has 1 aromatic carbocycles. The van der Waals surface area contributed by atoms with E-state index in [0.29, 0.717) is 4.57 Å². The van der Waals surface area contributed by atoms with E-state index in [9.17, 15) is 29.6 Å². The molecule has 0 aliphatic heterocycles. The number of ether oxygens (including phenoxy) is 2. The molecule has 2 rings (SSSR count). The molecule has 0 spiro atoms. The van der Waals surface area contributed by atoms with Crippen LogP contribution in [0, 0.1) is 10.1 Å². The fourth-order valence-corrected chi connectivity index (χ4v) is 2.31. The summed E-state index contributed by atoms with van der Waals surface area (Å²) in [5, 5.41) is 21.4. The standard InChI is InChI=1S/C17H16N2O8/c1-3-26-16(22)12-9-13(17(23)27-4-2)15(21)18(14(12)20)10-6-5-7-11(8-10)19(24)25/h5-9,20H,3-4H2,1-2H3. The zero-order chi connectivity index (χ0) is 20.1. The lowest BCUT2D eigenvalue weighted by Gasteiger charge is -2.14. The summed E-state index contributed by atoms with van der Waals surface area (Å²) in [4.78, 5) is 47.2. The highest BCUT2D eigenvalue weighted by atomic mass is 16.6. The van der Waals surface area contributed by atoms with Crippen molar-refractivity contribution in [2.75, 3.05) is 13.2 Å². The molecule has 0 fully saturated rings. The first-order chi connectivity index (χ1) is 12.8. The third-order valence-electron chi connectivity index (χ3n) is 3.46. The molecule has 27 heavy (non-hydrogen) atoms. The summed E-state index contributed by atoms with van der Waals surface area (Å²) in [5.41, 5.74) is -2.43. The van der Waals surface area contributed by atoms with Gasteiger partial charge in [-0.05, 0) is 26.0 Å². The average molecular weight is 376 g/mol. The second-order valence-corrected chi connectivity index (χ2v) is 5.15. The fraction of sp³-hybridized carbons (Fsp3) is 0.235. The summed E-state index contributed by atoms with van der Waals surface area (Å²) >= 11 is 0. The molecule has 10 nitrogen and oxygen atoms in total. The molecule has 0 bridgehead atoms. The van der Waals surface area contributed by atoms with Gasteiger partial charge in [-0.2, -0.15) is 0 Å². The highest BCUT2D eigenvalue weighted by Crippen LogP contribution is 2.24. The first kappa shape index (κ1) is 19.6. The molecule has 0 aliphatic carbocycles. The Kier molecular flexibility index (Phi) is 5.91. The van der Waals surface area contributed by atoms with Crippen LogP contribution in [0.2, 0.25) is 0 Å². The Hall–Kier alpha value is -3.69.